The quantitative estimate of drug-likeness (QED) is 0.578. The molecule has 1 N–H and O–H groups in total. The number of rotatable bonds is 10. The summed E-state index contributed by atoms with van der Waals surface area (Å²) in [5.41, 5.74) is 0. The normalized spacial score (nSPS) is 18.4. The van der Waals surface area contributed by atoms with Crippen LogP contribution in [0.3, 0.4) is 0 Å². The van der Waals surface area contributed by atoms with Crippen molar-refractivity contribution in [1.29, 1.82) is 0 Å². The van der Waals surface area contributed by atoms with Gasteiger partial charge in [-0.15, -0.1) is 0 Å². The van der Waals surface area contributed by atoms with Gasteiger partial charge in [-0.3, -0.25) is 0 Å². The maximum Gasteiger partial charge on any atom is 0.0699 e. The summed E-state index contributed by atoms with van der Waals surface area (Å²) in [6.45, 7) is 7.57. The molecule has 2 heteroatoms. The van der Waals surface area contributed by atoms with Gasteiger partial charge in [0.05, 0.1) is 6.10 Å². The van der Waals surface area contributed by atoms with Crippen LogP contribution in [0.4, 0.5) is 0 Å². The molecule has 0 aromatic rings. The van der Waals surface area contributed by atoms with Crippen molar-refractivity contribution in [2.45, 2.75) is 64.9 Å². The fourth-order valence-corrected chi connectivity index (χ4v) is 2.19. The van der Waals surface area contributed by atoms with Crippen molar-refractivity contribution >= 4 is 0 Å². The monoisotopic (exact) mass is 227 g/mol. The second-order valence-electron chi connectivity index (χ2n) is 5.07. The van der Waals surface area contributed by atoms with Crippen molar-refractivity contribution in [3.05, 3.63) is 0 Å². The molecular formula is C14H29NO. The molecule has 0 radical (unpaired) electrons. The smallest absolute Gasteiger partial charge is 0.0699 e. The molecule has 2 nitrogen and oxygen atoms in total. The summed E-state index contributed by atoms with van der Waals surface area (Å²) in [7, 11) is 0. The summed E-state index contributed by atoms with van der Waals surface area (Å²) in [5.74, 6) is 0.978. The van der Waals surface area contributed by atoms with Crippen LogP contribution in [-0.2, 0) is 4.74 Å². The predicted molar refractivity (Wildman–Crippen MR) is 69.8 cm³/mol. The Morgan fingerprint density at radius 2 is 2.06 bits per heavy atom. The minimum absolute atomic E-state index is 0.441. The van der Waals surface area contributed by atoms with Crippen LogP contribution in [0.2, 0.25) is 0 Å². The van der Waals surface area contributed by atoms with Gasteiger partial charge in [0.15, 0.2) is 0 Å². The van der Waals surface area contributed by atoms with E-state index in [1.165, 1.54) is 44.9 Å². The van der Waals surface area contributed by atoms with Gasteiger partial charge in [-0.05, 0) is 31.7 Å². The maximum absolute atomic E-state index is 5.97. The van der Waals surface area contributed by atoms with Crippen LogP contribution in [0.5, 0.6) is 0 Å². The molecule has 1 unspecified atom stereocenters. The molecule has 16 heavy (non-hydrogen) atoms. The summed E-state index contributed by atoms with van der Waals surface area (Å²) < 4.78 is 5.97. The van der Waals surface area contributed by atoms with Gasteiger partial charge in [0.2, 0.25) is 0 Å². The van der Waals surface area contributed by atoms with E-state index in [9.17, 15) is 0 Å². The first-order chi connectivity index (χ1) is 7.86. The molecule has 0 heterocycles. The lowest BCUT2D eigenvalue weighted by Gasteiger charge is -2.26. The summed E-state index contributed by atoms with van der Waals surface area (Å²) in [5, 5.41) is 3.46. The molecule has 0 bridgehead atoms. The van der Waals surface area contributed by atoms with Gasteiger partial charge in [0.25, 0.3) is 0 Å². The van der Waals surface area contributed by atoms with E-state index < -0.39 is 0 Å². The van der Waals surface area contributed by atoms with Gasteiger partial charge in [-0.2, -0.15) is 0 Å². The minimum atomic E-state index is 0.441. The summed E-state index contributed by atoms with van der Waals surface area (Å²) in [6.07, 6.45) is 9.68. The molecule has 96 valence electrons. The Bertz CT molecular complexity index is 157. The highest BCUT2D eigenvalue weighted by Gasteiger charge is 2.17. The van der Waals surface area contributed by atoms with E-state index >= 15 is 0 Å². The van der Waals surface area contributed by atoms with Crippen molar-refractivity contribution in [3.8, 4) is 0 Å². The van der Waals surface area contributed by atoms with Gasteiger partial charge in [-0.1, -0.05) is 39.5 Å². The Labute approximate surface area is 101 Å². The van der Waals surface area contributed by atoms with Crippen molar-refractivity contribution in [1.82, 2.24) is 5.32 Å². The summed E-state index contributed by atoms with van der Waals surface area (Å²) in [6, 6.07) is 0. The Kier molecular flexibility index (Phi) is 7.87. The van der Waals surface area contributed by atoms with Crippen molar-refractivity contribution in [2.75, 3.05) is 19.7 Å². The zero-order valence-corrected chi connectivity index (χ0v) is 11.1. The van der Waals surface area contributed by atoms with Crippen LogP contribution in [0.25, 0.3) is 0 Å². The van der Waals surface area contributed by atoms with Gasteiger partial charge in [-0.25, -0.2) is 0 Å². The van der Waals surface area contributed by atoms with Crippen molar-refractivity contribution in [2.24, 2.45) is 5.92 Å². The first kappa shape index (κ1) is 14.0. The molecule has 1 fully saturated rings. The van der Waals surface area contributed by atoms with Crippen LogP contribution < -0.4 is 5.32 Å². The van der Waals surface area contributed by atoms with E-state index in [0.29, 0.717) is 6.10 Å². The maximum atomic E-state index is 5.97. The first-order valence-corrected chi connectivity index (χ1v) is 7.19. The Hall–Kier alpha value is -0.0800. The Morgan fingerprint density at radius 1 is 1.25 bits per heavy atom. The van der Waals surface area contributed by atoms with E-state index in [1.54, 1.807) is 0 Å². The van der Waals surface area contributed by atoms with Gasteiger partial charge >= 0.3 is 0 Å². The van der Waals surface area contributed by atoms with Crippen LogP contribution >= 0.6 is 0 Å². The zero-order valence-electron chi connectivity index (χ0n) is 11.1. The number of hydrogen-bond donors (Lipinski definition) is 1. The predicted octanol–water partition coefficient (Wildman–Crippen LogP) is 3.36. The molecule has 0 spiro atoms. The van der Waals surface area contributed by atoms with Crippen molar-refractivity contribution in [3.63, 3.8) is 0 Å². The van der Waals surface area contributed by atoms with E-state index in [0.717, 1.165) is 25.6 Å². The van der Waals surface area contributed by atoms with Gasteiger partial charge in [0.1, 0.15) is 0 Å². The van der Waals surface area contributed by atoms with Gasteiger partial charge in [0, 0.05) is 13.2 Å². The molecule has 1 atom stereocenters. The third kappa shape index (κ3) is 5.86. The molecule has 1 aliphatic rings. The third-order valence-corrected chi connectivity index (χ3v) is 3.51. The molecule has 1 aliphatic carbocycles. The highest BCUT2D eigenvalue weighted by atomic mass is 16.5. The lowest BCUT2D eigenvalue weighted by atomic mass is 9.83. The second-order valence-corrected chi connectivity index (χ2v) is 5.07. The van der Waals surface area contributed by atoms with Crippen LogP contribution in [0.15, 0.2) is 0 Å². The number of ether oxygens (including phenoxy) is 1. The van der Waals surface area contributed by atoms with E-state index in [4.69, 9.17) is 4.74 Å². The Morgan fingerprint density at radius 3 is 2.62 bits per heavy atom. The molecule has 1 saturated carbocycles. The fourth-order valence-electron chi connectivity index (χ4n) is 2.19. The lowest BCUT2D eigenvalue weighted by molar-refractivity contribution is 0.0328. The Balaban J connectivity index is 2.01. The second kappa shape index (κ2) is 9.00. The van der Waals surface area contributed by atoms with E-state index in [1.807, 2.05) is 0 Å². The minimum Gasteiger partial charge on any atom is -0.377 e. The van der Waals surface area contributed by atoms with Crippen LogP contribution in [0, 0.1) is 5.92 Å². The molecule has 0 aromatic carbocycles. The highest BCUT2D eigenvalue weighted by Crippen LogP contribution is 2.29. The van der Waals surface area contributed by atoms with Crippen LogP contribution in [-0.4, -0.2) is 25.8 Å². The summed E-state index contributed by atoms with van der Waals surface area (Å²) >= 11 is 0. The standard InChI is InChI=1S/C14H29NO/c1-3-6-14(12-15-10-4-2)16-11-9-13-7-5-8-13/h13-15H,3-12H2,1-2H3. The largest absolute Gasteiger partial charge is 0.377 e. The van der Waals surface area contributed by atoms with E-state index in [2.05, 4.69) is 19.2 Å². The number of hydrogen-bond acceptors (Lipinski definition) is 2. The molecule has 0 aromatic heterocycles. The average Bonchev–Trinajstić information content (AvgIpc) is 2.22. The van der Waals surface area contributed by atoms with Gasteiger partial charge < -0.3 is 10.1 Å². The molecule has 1 rings (SSSR count). The third-order valence-electron chi connectivity index (χ3n) is 3.51. The molecular weight excluding hydrogens is 198 g/mol. The fraction of sp³-hybridized carbons (Fsp3) is 1.00. The molecule has 0 amide bonds. The SMILES string of the molecule is CCCNCC(CCC)OCCC1CCC1. The zero-order chi connectivity index (χ0) is 11.6. The average molecular weight is 227 g/mol. The van der Waals surface area contributed by atoms with Crippen LogP contribution in [0.1, 0.15) is 58.8 Å². The lowest BCUT2D eigenvalue weighted by Crippen LogP contribution is -2.30. The number of nitrogens with one attached hydrogen (secondary N) is 1. The highest BCUT2D eigenvalue weighted by molar-refractivity contribution is 4.69. The topological polar surface area (TPSA) is 21.3 Å². The molecule has 0 aliphatic heterocycles. The summed E-state index contributed by atoms with van der Waals surface area (Å²) in [4.78, 5) is 0. The molecule has 0 saturated heterocycles. The first-order valence-electron chi connectivity index (χ1n) is 7.19. The van der Waals surface area contributed by atoms with Crippen molar-refractivity contribution < 1.29 is 4.74 Å². The van der Waals surface area contributed by atoms with E-state index in [-0.39, 0.29) is 0 Å².